The number of nitrogens with zero attached hydrogens (tertiary/aromatic N) is 2. The lowest BCUT2D eigenvalue weighted by Gasteiger charge is -2.32. The molecule has 3 heteroatoms. The maximum atomic E-state index is 3.39. The first-order valence-corrected chi connectivity index (χ1v) is 18.9. The molecule has 1 aliphatic heterocycles. The SMILES string of the molecule is CC(C)CCCN1CCN(C)CC1.CCC(C)CCC(C)C.CCCCC(C)CC(C)C.CCCNCCCC(C)C. The predicted octanol–water partition coefficient (Wildman–Crippen LogP) is 11.4. The van der Waals surface area contributed by atoms with Crippen molar-refractivity contribution in [2.75, 3.05) is 52.9 Å². The maximum Gasteiger partial charge on any atom is 0.0110 e. The van der Waals surface area contributed by atoms with Gasteiger partial charge in [0, 0.05) is 26.2 Å². The van der Waals surface area contributed by atoms with Crippen molar-refractivity contribution in [1.29, 1.82) is 0 Å². The third-order valence-electron chi connectivity index (χ3n) is 8.27. The summed E-state index contributed by atoms with van der Waals surface area (Å²) in [7, 11) is 2.21. The lowest BCUT2D eigenvalue weighted by molar-refractivity contribution is 0.151. The zero-order valence-electron chi connectivity index (χ0n) is 32.3. The summed E-state index contributed by atoms with van der Waals surface area (Å²) in [5.41, 5.74) is 0. The van der Waals surface area contributed by atoms with E-state index in [1.807, 2.05) is 0 Å². The molecule has 1 heterocycles. The quantitative estimate of drug-likeness (QED) is 0.149. The summed E-state index contributed by atoms with van der Waals surface area (Å²) in [6.45, 7) is 38.6. The summed E-state index contributed by atoms with van der Waals surface area (Å²) in [4.78, 5) is 5.02. The molecule has 258 valence electrons. The fourth-order valence-electron chi connectivity index (χ4n) is 5.03. The molecule has 1 fully saturated rings. The fourth-order valence-corrected chi connectivity index (χ4v) is 5.03. The number of piperazine rings is 1. The zero-order valence-corrected chi connectivity index (χ0v) is 32.3. The first kappa shape index (κ1) is 46.3. The second-order valence-corrected chi connectivity index (χ2v) is 15.3. The summed E-state index contributed by atoms with van der Waals surface area (Å²) in [6.07, 6.45) is 16.4. The van der Waals surface area contributed by atoms with Gasteiger partial charge in [-0.1, -0.05) is 129 Å². The lowest BCUT2D eigenvalue weighted by atomic mass is 9.94. The fraction of sp³-hybridized carbons (Fsp3) is 1.00. The van der Waals surface area contributed by atoms with Gasteiger partial charge in [-0.2, -0.15) is 0 Å². The normalized spacial score (nSPS) is 15.6. The van der Waals surface area contributed by atoms with Gasteiger partial charge in [0.1, 0.15) is 0 Å². The summed E-state index contributed by atoms with van der Waals surface area (Å²) < 4.78 is 0. The number of hydrogen-bond donors (Lipinski definition) is 1. The predicted molar refractivity (Wildman–Crippen MR) is 197 cm³/mol. The Morgan fingerprint density at radius 3 is 1.52 bits per heavy atom. The molecule has 0 aliphatic carbocycles. The highest BCUT2D eigenvalue weighted by Crippen LogP contribution is 2.16. The third kappa shape index (κ3) is 42.0. The molecule has 2 atom stereocenters. The van der Waals surface area contributed by atoms with Crippen molar-refractivity contribution in [1.82, 2.24) is 15.1 Å². The average molecular weight is 598 g/mol. The largest absolute Gasteiger partial charge is 0.317 e. The molecule has 42 heavy (non-hydrogen) atoms. The van der Waals surface area contributed by atoms with Crippen molar-refractivity contribution in [3.8, 4) is 0 Å². The van der Waals surface area contributed by atoms with Crippen LogP contribution in [0.25, 0.3) is 0 Å². The standard InChI is InChI=1S/C11H24N2.C10H22.C9H21N.C9H20/c1-11(2)5-4-6-13-9-7-12(3)8-10-13;1-5-6-7-10(4)8-9(2)3;1-4-7-10-8-5-6-9(2)3;1-5-9(4)7-6-8(2)3/h11H,4-10H2,1-3H3;9-10H,5-8H2,1-4H3;9-10H,4-8H2,1-3H3;8-9H,5-7H2,1-4H3. The van der Waals surface area contributed by atoms with E-state index in [1.165, 1.54) is 123 Å². The Kier molecular flexibility index (Phi) is 37.2. The van der Waals surface area contributed by atoms with Crippen molar-refractivity contribution < 1.29 is 0 Å². The Bertz CT molecular complexity index is 480. The van der Waals surface area contributed by atoms with E-state index in [-0.39, 0.29) is 0 Å². The number of likely N-dealkylation sites (N-methyl/N-ethyl adjacent to an activating group) is 1. The average Bonchev–Trinajstić information content (AvgIpc) is 2.92. The molecule has 1 N–H and O–H groups in total. The summed E-state index contributed by atoms with van der Waals surface area (Å²) in [5, 5.41) is 3.39. The van der Waals surface area contributed by atoms with E-state index in [9.17, 15) is 0 Å². The van der Waals surface area contributed by atoms with Crippen LogP contribution in [-0.2, 0) is 0 Å². The number of nitrogens with one attached hydrogen (secondary N) is 1. The van der Waals surface area contributed by atoms with E-state index in [1.54, 1.807) is 0 Å². The van der Waals surface area contributed by atoms with Crippen molar-refractivity contribution in [3.05, 3.63) is 0 Å². The molecule has 1 saturated heterocycles. The Labute approximate surface area is 270 Å². The Morgan fingerprint density at radius 1 is 0.524 bits per heavy atom. The summed E-state index contributed by atoms with van der Waals surface area (Å²) >= 11 is 0. The molecule has 1 aliphatic rings. The highest BCUT2D eigenvalue weighted by molar-refractivity contribution is 4.69. The minimum atomic E-state index is 0.864. The second-order valence-electron chi connectivity index (χ2n) is 15.3. The van der Waals surface area contributed by atoms with Gasteiger partial charge in [0.25, 0.3) is 0 Å². The van der Waals surface area contributed by atoms with Crippen molar-refractivity contribution >= 4 is 0 Å². The van der Waals surface area contributed by atoms with E-state index in [2.05, 4.69) is 112 Å². The molecule has 2 unspecified atom stereocenters. The summed E-state index contributed by atoms with van der Waals surface area (Å²) in [5.74, 6) is 5.38. The highest BCUT2D eigenvalue weighted by atomic mass is 15.2. The van der Waals surface area contributed by atoms with Gasteiger partial charge in [0.05, 0.1) is 0 Å². The molecule has 0 radical (unpaired) electrons. The van der Waals surface area contributed by atoms with Gasteiger partial charge in [-0.3, -0.25) is 0 Å². The summed E-state index contributed by atoms with van der Waals surface area (Å²) in [6, 6.07) is 0. The van der Waals surface area contributed by atoms with E-state index in [4.69, 9.17) is 0 Å². The van der Waals surface area contributed by atoms with E-state index in [0.717, 1.165) is 35.5 Å². The van der Waals surface area contributed by atoms with Crippen LogP contribution in [0.5, 0.6) is 0 Å². The molecule has 0 aromatic carbocycles. The molecule has 0 aromatic rings. The van der Waals surface area contributed by atoms with Crippen LogP contribution >= 0.6 is 0 Å². The molecule has 1 rings (SSSR count). The van der Waals surface area contributed by atoms with Crippen LogP contribution < -0.4 is 5.32 Å². The number of hydrogen-bond acceptors (Lipinski definition) is 3. The first-order chi connectivity index (χ1) is 19.8. The van der Waals surface area contributed by atoms with Crippen LogP contribution in [0.4, 0.5) is 0 Å². The minimum Gasteiger partial charge on any atom is -0.317 e. The van der Waals surface area contributed by atoms with Gasteiger partial charge in [0.15, 0.2) is 0 Å². The van der Waals surface area contributed by atoms with E-state index in [0.29, 0.717) is 0 Å². The van der Waals surface area contributed by atoms with Crippen molar-refractivity contribution in [2.24, 2.45) is 35.5 Å². The Morgan fingerprint density at radius 2 is 1.07 bits per heavy atom. The van der Waals surface area contributed by atoms with Gasteiger partial charge in [0.2, 0.25) is 0 Å². The Hall–Kier alpha value is -0.120. The highest BCUT2D eigenvalue weighted by Gasteiger charge is 2.12. The monoisotopic (exact) mass is 598 g/mol. The van der Waals surface area contributed by atoms with Gasteiger partial charge >= 0.3 is 0 Å². The van der Waals surface area contributed by atoms with E-state index >= 15 is 0 Å². The van der Waals surface area contributed by atoms with Gasteiger partial charge < -0.3 is 15.1 Å². The lowest BCUT2D eigenvalue weighted by Crippen LogP contribution is -2.44. The third-order valence-corrected chi connectivity index (χ3v) is 8.27. The van der Waals surface area contributed by atoms with Crippen LogP contribution in [0.1, 0.15) is 167 Å². The van der Waals surface area contributed by atoms with Crippen LogP contribution in [0.2, 0.25) is 0 Å². The molecule has 0 spiro atoms. The van der Waals surface area contributed by atoms with Gasteiger partial charge in [-0.15, -0.1) is 0 Å². The van der Waals surface area contributed by atoms with Gasteiger partial charge in [-0.05, 0) is 101 Å². The topological polar surface area (TPSA) is 18.5 Å². The molecular weight excluding hydrogens is 510 g/mol. The molecular formula is C39H87N3. The first-order valence-electron chi connectivity index (χ1n) is 18.9. The second kappa shape index (κ2) is 33.8. The molecule has 3 nitrogen and oxygen atoms in total. The maximum absolute atomic E-state index is 3.39. The van der Waals surface area contributed by atoms with Gasteiger partial charge in [-0.25, -0.2) is 0 Å². The Balaban J connectivity index is -0.000000489. The molecule has 0 amide bonds. The smallest absolute Gasteiger partial charge is 0.0110 e. The number of unbranched alkanes of at least 4 members (excludes halogenated alkanes) is 1. The molecule has 0 saturated carbocycles. The van der Waals surface area contributed by atoms with E-state index < -0.39 is 0 Å². The van der Waals surface area contributed by atoms with Crippen LogP contribution in [-0.4, -0.2) is 62.7 Å². The number of rotatable bonds is 19. The van der Waals surface area contributed by atoms with Crippen molar-refractivity contribution in [3.63, 3.8) is 0 Å². The van der Waals surface area contributed by atoms with Crippen LogP contribution in [0.15, 0.2) is 0 Å². The molecule has 0 bridgehead atoms. The van der Waals surface area contributed by atoms with Crippen LogP contribution in [0, 0.1) is 35.5 Å². The molecule has 0 aromatic heterocycles. The van der Waals surface area contributed by atoms with Crippen molar-refractivity contribution in [2.45, 2.75) is 167 Å². The zero-order chi connectivity index (χ0) is 32.8. The minimum absolute atomic E-state index is 0.864. The van der Waals surface area contributed by atoms with Crippen LogP contribution in [0.3, 0.4) is 0 Å².